The lowest BCUT2D eigenvalue weighted by molar-refractivity contribution is -0.146. The summed E-state index contributed by atoms with van der Waals surface area (Å²) in [5.74, 6) is -1.66. The van der Waals surface area contributed by atoms with E-state index in [1.165, 1.54) is 4.90 Å². The molecule has 0 aromatic heterocycles. The molecule has 4 aliphatic heterocycles. The number of hydrogen-bond acceptors (Lipinski definition) is 5. The van der Waals surface area contributed by atoms with E-state index in [1.807, 2.05) is 26.0 Å². The van der Waals surface area contributed by atoms with E-state index in [-0.39, 0.29) is 30.3 Å². The zero-order valence-electron chi connectivity index (χ0n) is 16.4. The molecule has 3 fully saturated rings. The highest BCUT2D eigenvalue weighted by atomic mass is 16.5. The van der Waals surface area contributed by atoms with Gasteiger partial charge >= 0.3 is 0 Å². The minimum Gasteiger partial charge on any atom is -0.383 e. The van der Waals surface area contributed by atoms with Crippen LogP contribution in [0.3, 0.4) is 0 Å². The second-order valence-corrected chi connectivity index (χ2v) is 8.38. The van der Waals surface area contributed by atoms with E-state index in [0.717, 1.165) is 41.8 Å². The predicted molar refractivity (Wildman–Crippen MR) is 102 cm³/mol. The normalized spacial score (nSPS) is 33.6. The smallest absolute Gasteiger partial charge is 0.250 e. The summed E-state index contributed by atoms with van der Waals surface area (Å²) >= 11 is 0. The Morgan fingerprint density at radius 2 is 2.00 bits per heavy atom. The minimum atomic E-state index is -1.08. The number of carbonyl (C=O) groups excluding carboxylic acids is 3. The molecule has 3 saturated heterocycles. The average molecular weight is 383 g/mol. The third kappa shape index (κ3) is 1.89. The molecule has 0 saturated carbocycles. The van der Waals surface area contributed by atoms with E-state index in [1.54, 1.807) is 7.11 Å². The molecule has 7 nitrogen and oxygen atoms in total. The Hall–Kier alpha value is -2.25. The second-order valence-electron chi connectivity index (χ2n) is 8.38. The van der Waals surface area contributed by atoms with Gasteiger partial charge in [0.15, 0.2) is 0 Å². The van der Waals surface area contributed by atoms with Crippen molar-refractivity contribution in [1.29, 1.82) is 0 Å². The van der Waals surface area contributed by atoms with Gasteiger partial charge in [-0.1, -0.05) is 12.1 Å². The maximum Gasteiger partial charge on any atom is 0.250 e. The molecule has 4 unspecified atom stereocenters. The molecule has 1 aromatic carbocycles. The fraction of sp³-hybridized carbons (Fsp3) is 0.571. The summed E-state index contributed by atoms with van der Waals surface area (Å²) in [6, 6.07) is 3.92. The SMILES string of the molecule is COCCN1C(=O)C2C3CCCN3C3(C(=O)Nc4c3ccc(C)c4C)C2C1=O. The second kappa shape index (κ2) is 5.87. The number of nitrogens with zero attached hydrogens (tertiary/aromatic N) is 2. The maximum absolute atomic E-state index is 13.5. The Morgan fingerprint density at radius 1 is 1.21 bits per heavy atom. The Labute approximate surface area is 164 Å². The van der Waals surface area contributed by atoms with Crippen molar-refractivity contribution in [2.45, 2.75) is 38.3 Å². The van der Waals surface area contributed by atoms with Gasteiger partial charge in [-0.2, -0.15) is 0 Å². The molecule has 148 valence electrons. The van der Waals surface area contributed by atoms with Crippen molar-refractivity contribution >= 4 is 23.4 Å². The number of anilines is 1. The molecule has 5 rings (SSSR count). The fourth-order valence-electron chi connectivity index (χ4n) is 5.98. The Morgan fingerprint density at radius 3 is 2.75 bits per heavy atom. The lowest BCUT2D eigenvalue weighted by Gasteiger charge is -2.36. The van der Waals surface area contributed by atoms with Crippen LogP contribution in [0.25, 0.3) is 0 Å². The van der Waals surface area contributed by atoms with Gasteiger partial charge in [0.1, 0.15) is 5.54 Å². The highest BCUT2D eigenvalue weighted by Gasteiger charge is 2.74. The van der Waals surface area contributed by atoms with Gasteiger partial charge in [-0.05, 0) is 44.4 Å². The highest BCUT2D eigenvalue weighted by molar-refractivity contribution is 6.15. The monoisotopic (exact) mass is 383 g/mol. The number of carbonyl (C=O) groups is 3. The van der Waals surface area contributed by atoms with Gasteiger partial charge < -0.3 is 10.1 Å². The zero-order valence-corrected chi connectivity index (χ0v) is 16.4. The lowest BCUT2D eigenvalue weighted by Crippen LogP contribution is -2.54. The van der Waals surface area contributed by atoms with E-state index in [2.05, 4.69) is 10.2 Å². The quantitative estimate of drug-likeness (QED) is 0.793. The molecule has 4 atom stereocenters. The minimum absolute atomic E-state index is 0.0627. The van der Waals surface area contributed by atoms with Crippen LogP contribution in [0.15, 0.2) is 12.1 Å². The lowest BCUT2D eigenvalue weighted by atomic mass is 9.75. The number of amides is 3. The molecule has 3 amide bonds. The van der Waals surface area contributed by atoms with Crippen LogP contribution in [0.4, 0.5) is 5.69 Å². The van der Waals surface area contributed by atoms with Crippen LogP contribution in [-0.2, 0) is 24.7 Å². The number of hydrogen-bond donors (Lipinski definition) is 1. The molecule has 0 aliphatic carbocycles. The van der Waals surface area contributed by atoms with Gasteiger partial charge in [-0.3, -0.25) is 24.2 Å². The van der Waals surface area contributed by atoms with Gasteiger partial charge in [0.05, 0.1) is 25.0 Å². The van der Waals surface area contributed by atoms with E-state index in [4.69, 9.17) is 4.74 Å². The Bertz CT molecular complexity index is 913. The Balaban J connectivity index is 1.70. The van der Waals surface area contributed by atoms with E-state index in [9.17, 15) is 14.4 Å². The van der Waals surface area contributed by atoms with E-state index < -0.39 is 17.4 Å². The van der Waals surface area contributed by atoms with Crippen LogP contribution >= 0.6 is 0 Å². The van der Waals surface area contributed by atoms with E-state index in [0.29, 0.717) is 6.61 Å². The number of fused-ring (bicyclic) bond motifs is 7. The standard InChI is InChI=1S/C21H25N3O4/c1-11-6-7-13-17(12(11)2)22-20(27)21(13)16-15(14-5-4-8-24(14)21)18(25)23(19(16)26)9-10-28-3/h6-7,14-16H,4-5,8-10H2,1-3H3,(H,22,27). The van der Waals surface area contributed by atoms with E-state index >= 15 is 0 Å². The summed E-state index contributed by atoms with van der Waals surface area (Å²) in [7, 11) is 1.55. The van der Waals surface area contributed by atoms with Crippen LogP contribution < -0.4 is 5.32 Å². The number of imide groups is 1. The van der Waals surface area contributed by atoms with Crippen molar-refractivity contribution in [3.05, 3.63) is 28.8 Å². The number of likely N-dealkylation sites (tertiary alicyclic amines) is 1. The van der Waals surface area contributed by atoms with Crippen LogP contribution in [0.2, 0.25) is 0 Å². The van der Waals surface area contributed by atoms with Crippen molar-refractivity contribution < 1.29 is 19.1 Å². The molecule has 4 aliphatic rings. The first-order valence-electron chi connectivity index (χ1n) is 9.97. The number of aryl methyl sites for hydroxylation is 1. The zero-order chi connectivity index (χ0) is 19.8. The van der Waals surface area contributed by atoms with Gasteiger partial charge in [0.2, 0.25) is 17.7 Å². The summed E-state index contributed by atoms with van der Waals surface area (Å²) in [4.78, 5) is 43.7. The first-order valence-corrected chi connectivity index (χ1v) is 9.97. The fourth-order valence-corrected chi connectivity index (χ4v) is 5.98. The van der Waals surface area contributed by atoms with Crippen molar-refractivity contribution in [2.75, 3.05) is 32.1 Å². The molecule has 28 heavy (non-hydrogen) atoms. The first kappa shape index (κ1) is 17.8. The largest absolute Gasteiger partial charge is 0.383 e. The predicted octanol–water partition coefficient (Wildman–Crippen LogP) is 1.18. The van der Waals surface area contributed by atoms with Gasteiger partial charge in [0, 0.05) is 24.4 Å². The molecular formula is C21H25N3O4. The van der Waals surface area contributed by atoms with Crippen molar-refractivity contribution in [1.82, 2.24) is 9.80 Å². The molecular weight excluding hydrogens is 358 g/mol. The summed E-state index contributed by atoms with van der Waals surface area (Å²) < 4.78 is 5.10. The molecule has 1 N–H and O–H groups in total. The number of methoxy groups -OCH3 is 1. The third-order valence-corrected chi connectivity index (χ3v) is 7.31. The summed E-state index contributed by atoms with van der Waals surface area (Å²) in [5.41, 5.74) is 2.71. The van der Waals surface area contributed by atoms with Crippen LogP contribution in [-0.4, -0.2) is 60.4 Å². The van der Waals surface area contributed by atoms with Crippen LogP contribution in [0, 0.1) is 25.7 Å². The Kier molecular flexibility index (Phi) is 3.74. The summed E-state index contributed by atoms with van der Waals surface area (Å²) in [5, 5.41) is 3.07. The van der Waals surface area contributed by atoms with Crippen molar-refractivity contribution in [3.8, 4) is 0 Å². The number of benzene rings is 1. The average Bonchev–Trinajstić information content (AvgIpc) is 3.37. The number of ether oxygens (including phenoxy) is 1. The summed E-state index contributed by atoms with van der Waals surface area (Å²) in [6.45, 7) is 5.29. The van der Waals surface area contributed by atoms with Gasteiger partial charge in [-0.25, -0.2) is 0 Å². The number of nitrogens with one attached hydrogen (secondary N) is 1. The van der Waals surface area contributed by atoms with Crippen LogP contribution in [0.5, 0.6) is 0 Å². The van der Waals surface area contributed by atoms with Gasteiger partial charge in [-0.15, -0.1) is 0 Å². The maximum atomic E-state index is 13.5. The molecule has 0 radical (unpaired) electrons. The molecule has 0 bridgehead atoms. The molecule has 1 spiro atoms. The summed E-state index contributed by atoms with van der Waals surface area (Å²) in [6.07, 6.45) is 1.77. The topological polar surface area (TPSA) is 79.0 Å². The highest BCUT2D eigenvalue weighted by Crippen LogP contribution is 2.60. The van der Waals surface area contributed by atoms with Crippen LogP contribution in [0.1, 0.15) is 29.5 Å². The van der Waals surface area contributed by atoms with Crippen molar-refractivity contribution in [2.24, 2.45) is 11.8 Å². The number of rotatable bonds is 3. The third-order valence-electron chi connectivity index (χ3n) is 7.31. The van der Waals surface area contributed by atoms with Crippen molar-refractivity contribution in [3.63, 3.8) is 0 Å². The molecule has 1 aromatic rings. The molecule has 7 heteroatoms. The van der Waals surface area contributed by atoms with Gasteiger partial charge in [0.25, 0.3) is 0 Å². The first-order chi connectivity index (χ1) is 13.4. The molecule has 4 heterocycles.